The molecule has 0 radical (unpaired) electrons. The Morgan fingerprint density at radius 3 is 2.50 bits per heavy atom. The molecular formula is C10H12ClFO3S. The number of halogens is 2. The van der Waals surface area contributed by atoms with Gasteiger partial charge in [-0.15, -0.1) is 0 Å². The number of sulfone groups is 1. The van der Waals surface area contributed by atoms with Crippen LogP contribution in [0.4, 0.5) is 4.39 Å². The van der Waals surface area contributed by atoms with Crippen molar-refractivity contribution >= 4 is 21.4 Å². The van der Waals surface area contributed by atoms with Gasteiger partial charge in [-0.3, -0.25) is 0 Å². The molecule has 1 rings (SSSR count). The Morgan fingerprint density at radius 2 is 2.06 bits per heavy atom. The molecule has 0 amide bonds. The van der Waals surface area contributed by atoms with Gasteiger partial charge < -0.3 is 5.11 Å². The maximum atomic E-state index is 12.9. The van der Waals surface area contributed by atoms with Crippen LogP contribution in [0.25, 0.3) is 0 Å². The predicted molar refractivity (Wildman–Crippen MR) is 60.5 cm³/mol. The Kier molecular flexibility index (Phi) is 3.62. The van der Waals surface area contributed by atoms with Gasteiger partial charge in [0, 0.05) is 6.26 Å². The Morgan fingerprint density at radius 1 is 1.50 bits per heavy atom. The fraction of sp³-hybridized carbons (Fsp3) is 0.400. The van der Waals surface area contributed by atoms with Crippen LogP contribution < -0.4 is 0 Å². The third kappa shape index (κ3) is 2.53. The van der Waals surface area contributed by atoms with E-state index in [1.165, 1.54) is 25.1 Å². The lowest BCUT2D eigenvalue weighted by Crippen LogP contribution is -2.35. The zero-order chi connectivity index (χ0) is 12.6. The maximum absolute atomic E-state index is 12.9. The molecule has 0 aliphatic carbocycles. The first-order valence-electron chi connectivity index (χ1n) is 4.48. The molecule has 0 spiro atoms. The van der Waals surface area contributed by atoms with E-state index in [0.29, 0.717) is 0 Å². The van der Waals surface area contributed by atoms with Crippen LogP contribution >= 0.6 is 11.6 Å². The molecule has 1 aromatic carbocycles. The van der Waals surface area contributed by atoms with Crippen molar-refractivity contribution in [1.82, 2.24) is 0 Å². The van der Waals surface area contributed by atoms with Crippen LogP contribution in [0.1, 0.15) is 18.6 Å². The quantitative estimate of drug-likeness (QED) is 0.850. The number of hydrogen-bond donors (Lipinski definition) is 1. The van der Waals surface area contributed by atoms with Crippen LogP contribution in [0, 0.1) is 5.82 Å². The predicted octanol–water partition coefficient (Wildman–Crippen LogP) is 1.86. The zero-order valence-corrected chi connectivity index (χ0v) is 10.4. The van der Waals surface area contributed by atoms with E-state index in [1.54, 1.807) is 0 Å². The average Bonchev–Trinajstić information content (AvgIpc) is 2.14. The van der Waals surface area contributed by atoms with E-state index < -0.39 is 26.0 Å². The molecule has 1 aromatic rings. The molecule has 0 saturated heterocycles. The maximum Gasteiger partial charge on any atom is 0.172 e. The lowest BCUT2D eigenvalue weighted by Gasteiger charge is -2.26. The number of hydrogen-bond acceptors (Lipinski definition) is 3. The van der Waals surface area contributed by atoms with Gasteiger partial charge in [-0.1, -0.05) is 23.7 Å². The Labute approximate surface area is 98.8 Å². The van der Waals surface area contributed by atoms with Crippen LogP contribution in [-0.4, -0.2) is 24.0 Å². The summed E-state index contributed by atoms with van der Waals surface area (Å²) in [5.41, 5.74) is 0.128. The van der Waals surface area contributed by atoms with Crippen molar-refractivity contribution in [3.8, 4) is 0 Å². The molecule has 0 unspecified atom stereocenters. The molecule has 90 valence electrons. The lowest BCUT2D eigenvalue weighted by atomic mass is 10.1. The Hall–Kier alpha value is -0.650. The van der Waals surface area contributed by atoms with Gasteiger partial charge in [0.1, 0.15) is 11.9 Å². The minimum Gasteiger partial charge on any atom is -0.385 e. The highest BCUT2D eigenvalue weighted by atomic mass is 35.5. The third-order valence-electron chi connectivity index (χ3n) is 2.38. The summed E-state index contributed by atoms with van der Waals surface area (Å²) < 4.78 is 33.8. The highest BCUT2D eigenvalue weighted by molar-refractivity contribution is 7.93. The zero-order valence-electron chi connectivity index (χ0n) is 8.81. The first-order valence-corrected chi connectivity index (χ1v) is 6.75. The number of aliphatic hydroxyl groups excluding tert-OH is 1. The van der Waals surface area contributed by atoms with E-state index in [9.17, 15) is 17.9 Å². The molecule has 0 aromatic heterocycles. The Balaban J connectivity index is 3.17. The number of aliphatic hydroxyl groups is 1. The standard InChI is InChI=1S/C10H12ClFO3S/c1-10(11,16(2,14)15)9(13)7-4-3-5-8(12)6-7/h3-6,9,13H,1-2H3/t9-,10-/m1/s1. The smallest absolute Gasteiger partial charge is 0.172 e. The van der Waals surface area contributed by atoms with Crippen LogP contribution in [-0.2, 0) is 9.84 Å². The van der Waals surface area contributed by atoms with Gasteiger partial charge in [0.05, 0.1) is 0 Å². The fourth-order valence-electron chi connectivity index (χ4n) is 1.18. The van der Waals surface area contributed by atoms with Crippen LogP contribution in [0.2, 0.25) is 0 Å². The second-order valence-corrected chi connectivity index (χ2v) is 7.12. The van der Waals surface area contributed by atoms with Crippen molar-refractivity contribution in [2.24, 2.45) is 0 Å². The second-order valence-electron chi connectivity index (χ2n) is 3.72. The molecule has 0 saturated carbocycles. The second kappa shape index (κ2) is 4.31. The monoisotopic (exact) mass is 266 g/mol. The largest absolute Gasteiger partial charge is 0.385 e. The average molecular weight is 267 g/mol. The Bertz CT molecular complexity index is 485. The molecule has 16 heavy (non-hydrogen) atoms. The van der Waals surface area contributed by atoms with Crippen molar-refractivity contribution in [3.63, 3.8) is 0 Å². The summed E-state index contributed by atoms with van der Waals surface area (Å²) in [7, 11) is -3.67. The van der Waals surface area contributed by atoms with Crippen LogP contribution in [0.3, 0.4) is 0 Å². The number of benzene rings is 1. The summed E-state index contributed by atoms with van der Waals surface area (Å²) in [6, 6.07) is 5.04. The summed E-state index contributed by atoms with van der Waals surface area (Å²) in [5.74, 6) is -0.558. The first kappa shape index (κ1) is 13.4. The van der Waals surface area contributed by atoms with Gasteiger partial charge in [0.25, 0.3) is 0 Å². The van der Waals surface area contributed by atoms with Gasteiger partial charge in [-0.05, 0) is 24.6 Å². The topological polar surface area (TPSA) is 54.4 Å². The van der Waals surface area contributed by atoms with Crippen LogP contribution in [0.15, 0.2) is 24.3 Å². The minimum absolute atomic E-state index is 0.128. The van der Waals surface area contributed by atoms with Crippen LogP contribution in [0.5, 0.6) is 0 Å². The van der Waals surface area contributed by atoms with E-state index in [-0.39, 0.29) is 5.56 Å². The first-order chi connectivity index (χ1) is 7.16. The van der Waals surface area contributed by atoms with Crippen molar-refractivity contribution in [2.45, 2.75) is 17.2 Å². The van der Waals surface area contributed by atoms with Gasteiger partial charge in [-0.2, -0.15) is 0 Å². The highest BCUT2D eigenvalue weighted by Crippen LogP contribution is 2.36. The van der Waals surface area contributed by atoms with E-state index in [1.807, 2.05) is 0 Å². The van der Waals surface area contributed by atoms with Crippen molar-refractivity contribution in [3.05, 3.63) is 35.6 Å². The molecule has 1 N–H and O–H groups in total. The molecular weight excluding hydrogens is 255 g/mol. The van der Waals surface area contributed by atoms with E-state index >= 15 is 0 Å². The third-order valence-corrected chi connectivity index (χ3v) is 5.10. The van der Waals surface area contributed by atoms with Gasteiger partial charge in [0.2, 0.25) is 0 Å². The SMILES string of the molecule is C[C@](Cl)([C@H](O)c1cccc(F)c1)S(C)(=O)=O. The normalized spacial score (nSPS) is 17.8. The van der Waals surface area contributed by atoms with E-state index in [4.69, 9.17) is 11.6 Å². The van der Waals surface area contributed by atoms with E-state index in [0.717, 1.165) is 12.3 Å². The summed E-state index contributed by atoms with van der Waals surface area (Å²) in [4.78, 5) is 0. The van der Waals surface area contributed by atoms with Gasteiger partial charge in [-0.25, -0.2) is 12.8 Å². The van der Waals surface area contributed by atoms with Crippen molar-refractivity contribution in [1.29, 1.82) is 0 Å². The molecule has 2 atom stereocenters. The molecule has 0 aliphatic rings. The van der Waals surface area contributed by atoms with E-state index in [2.05, 4.69) is 0 Å². The fourth-order valence-corrected chi connectivity index (χ4v) is 1.84. The van der Waals surface area contributed by atoms with Crippen molar-refractivity contribution in [2.75, 3.05) is 6.26 Å². The molecule has 6 heteroatoms. The summed E-state index contributed by atoms with van der Waals surface area (Å²) in [5, 5.41) is 9.83. The summed E-state index contributed by atoms with van der Waals surface area (Å²) in [6.45, 7) is 1.18. The number of rotatable bonds is 3. The molecule has 0 heterocycles. The molecule has 0 fully saturated rings. The minimum atomic E-state index is -3.67. The number of alkyl halides is 1. The highest BCUT2D eigenvalue weighted by Gasteiger charge is 2.41. The molecule has 3 nitrogen and oxygen atoms in total. The summed E-state index contributed by atoms with van der Waals surface area (Å²) >= 11 is 5.79. The lowest BCUT2D eigenvalue weighted by molar-refractivity contribution is 0.162. The summed E-state index contributed by atoms with van der Waals surface area (Å²) in [6.07, 6.45) is -0.567. The molecule has 0 bridgehead atoms. The van der Waals surface area contributed by atoms with Gasteiger partial charge in [0.15, 0.2) is 14.0 Å². The molecule has 0 aliphatic heterocycles. The van der Waals surface area contributed by atoms with Crippen molar-refractivity contribution < 1.29 is 17.9 Å². The van der Waals surface area contributed by atoms with Gasteiger partial charge >= 0.3 is 0 Å².